The molecule has 1 saturated heterocycles. The van der Waals surface area contributed by atoms with Crippen molar-refractivity contribution < 1.29 is 4.79 Å². The highest BCUT2D eigenvalue weighted by Gasteiger charge is 2.22. The predicted molar refractivity (Wildman–Crippen MR) is 95.5 cm³/mol. The molecule has 1 aliphatic heterocycles. The number of carbonyl (C=O) groups excluding carboxylic acids is 1. The molecule has 0 radical (unpaired) electrons. The molecule has 4 rings (SSSR count). The quantitative estimate of drug-likeness (QED) is 0.731. The number of amides is 1. The van der Waals surface area contributed by atoms with Crippen LogP contribution < -0.4 is 11.1 Å². The van der Waals surface area contributed by atoms with Gasteiger partial charge in [0.05, 0.1) is 17.8 Å². The summed E-state index contributed by atoms with van der Waals surface area (Å²) in [4.78, 5) is 28.2. The highest BCUT2D eigenvalue weighted by atomic mass is 32.1. The Morgan fingerprint density at radius 3 is 3.00 bits per heavy atom. The average Bonchev–Trinajstić information content (AvgIpc) is 3.21. The van der Waals surface area contributed by atoms with E-state index in [9.17, 15) is 4.79 Å². The van der Waals surface area contributed by atoms with Crippen LogP contribution >= 0.6 is 11.3 Å². The van der Waals surface area contributed by atoms with Crippen LogP contribution in [0.2, 0.25) is 0 Å². The molecule has 25 heavy (non-hydrogen) atoms. The zero-order valence-electron chi connectivity index (χ0n) is 13.6. The molecule has 3 aromatic heterocycles. The molecule has 1 atom stereocenters. The minimum Gasteiger partial charge on any atom is -0.349 e. The Morgan fingerprint density at radius 2 is 2.24 bits per heavy atom. The summed E-state index contributed by atoms with van der Waals surface area (Å²) in [6.45, 7) is 1.86. The van der Waals surface area contributed by atoms with E-state index in [0.717, 1.165) is 30.0 Å². The number of fused-ring (bicyclic) bond motifs is 1. The Hall–Kier alpha value is -2.52. The van der Waals surface area contributed by atoms with E-state index in [1.54, 1.807) is 28.6 Å². The number of nitrogens with one attached hydrogen (secondary N) is 1. The van der Waals surface area contributed by atoms with Gasteiger partial charge in [0.1, 0.15) is 0 Å². The highest BCUT2D eigenvalue weighted by molar-refractivity contribution is 7.15. The lowest BCUT2D eigenvalue weighted by Crippen LogP contribution is -2.45. The standard InChI is InChI=1S/C16H19N7OS/c17-12-2-1-3-22(9-12)14(24)11-6-18-15(19-7-11)20-8-13-10-23-4-5-25-16(23)21-13/h4-7,10,12H,1-3,8-9,17H2,(H,18,19,20). The molecule has 4 heterocycles. The van der Waals surface area contributed by atoms with Crippen LogP contribution in [-0.2, 0) is 6.54 Å². The largest absolute Gasteiger partial charge is 0.349 e. The zero-order valence-corrected chi connectivity index (χ0v) is 14.4. The molecule has 8 nitrogen and oxygen atoms in total. The fourth-order valence-electron chi connectivity index (χ4n) is 2.94. The first-order valence-electron chi connectivity index (χ1n) is 8.21. The summed E-state index contributed by atoms with van der Waals surface area (Å²) in [6, 6.07) is 0.0594. The number of imidazole rings is 1. The molecule has 1 amide bonds. The maximum atomic E-state index is 12.5. The third kappa shape index (κ3) is 3.47. The van der Waals surface area contributed by atoms with E-state index in [0.29, 0.717) is 24.6 Å². The third-order valence-electron chi connectivity index (χ3n) is 4.21. The number of aromatic nitrogens is 4. The van der Waals surface area contributed by atoms with Crippen LogP contribution in [0.5, 0.6) is 0 Å². The Morgan fingerprint density at radius 1 is 1.40 bits per heavy atom. The molecule has 0 spiro atoms. The fourth-order valence-corrected chi connectivity index (χ4v) is 3.66. The normalized spacial score (nSPS) is 17.8. The summed E-state index contributed by atoms with van der Waals surface area (Å²) in [7, 11) is 0. The molecule has 0 aliphatic carbocycles. The molecular formula is C16H19N7OS. The van der Waals surface area contributed by atoms with Crippen molar-refractivity contribution in [1.29, 1.82) is 0 Å². The molecular weight excluding hydrogens is 338 g/mol. The summed E-state index contributed by atoms with van der Waals surface area (Å²) >= 11 is 1.59. The number of thiazole rings is 1. The summed E-state index contributed by atoms with van der Waals surface area (Å²) in [5, 5.41) is 5.12. The minimum atomic E-state index is -0.0592. The lowest BCUT2D eigenvalue weighted by Gasteiger charge is -2.30. The fraction of sp³-hybridized carbons (Fsp3) is 0.375. The molecule has 9 heteroatoms. The van der Waals surface area contributed by atoms with Crippen molar-refractivity contribution in [3.05, 3.63) is 41.4 Å². The van der Waals surface area contributed by atoms with Gasteiger partial charge in [-0.3, -0.25) is 9.20 Å². The van der Waals surface area contributed by atoms with Crippen LogP contribution in [0.15, 0.2) is 30.2 Å². The van der Waals surface area contributed by atoms with Crippen molar-refractivity contribution >= 4 is 28.2 Å². The van der Waals surface area contributed by atoms with E-state index in [-0.39, 0.29) is 11.9 Å². The Kier molecular flexibility index (Phi) is 4.33. The van der Waals surface area contributed by atoms with E-state index in [2.05, 4.69) is 20.3 Å². The number of anilines is 1. The van der Waals surface area contributed by atoms with Crippen LogP contribution in [-0.4, -0.2) is 49.3 Å². The smallest absolute Gasteiger partial charge is 0.257 e. The van der Waals surface area contributed by atoms with Crippen molar-refractivity contribution in [2.45, 2.75) is 25.4 Å². The summed E-state index contributed by atoms with van der Waals surface area (Å²) in [6.07, 6.45) is 8.97. The van der Waals surface area contributed by atoms with E-state index >= 15 is 0 Å². The maximum absolute atomic E-state index is 12.5. The van der Waals surface area contributed by atoms with Crippen LogP contribution in [0.3, 0.4) is 0 Å². The van der Waals surface area contributed by atoms with E-state index < -0.39 is 0 Å². The SMILES string of the molecule is NC1CCCN(C(=O)c2cnc(NCc3cn4ccsc4n3)nc2)C1. The van der Waals surface area contributed by atoms with Gasteiger partial charge in [-0.05, 0) is 12.8 Å². The van der Waals surface area contributed by atoms with Gasteiger partial charge >= 0.3 is 0 Å². The van der Waals surface area contributed by atoms with E-state index in [4.69, 9.17) is 5.73 Å². The molecule has 3 aromatic rings. The third-order valence-corrected chi connectivity index (χ3v) is 4.99. The van der Waals surface area contributed by atoms with E-state index in [1.807, 2.05) is 22.2 Å². The van der Waals surface area contributed by atoms with Gasteiger partial charge in [0.25, 0.3) is 5.91 Å². The first-order chi connectivity index (χ1) is 12.2. The second kappa shape index (κ2) is 6.77. The molecule has 0 saturated carbocycles. The summed E-state index contributed by atoms with van der Waals surface area (Å²) < 4.78 is 1.98. The van der Waals surface area contributed by atoms with Crippen LogP contribution in [0.25, 0.3) is 4.96 Å². The predicted octanol–water partition coefficient (Wildman–Crippen LogP) is 1.36. The van der Waals surface area contributed by atoms with Gasteiger partial charge in [0, 0.05) is 49.3 Å². The van der Waals surface area contributed by atoms with Crippen molar-refractivity contribution in [2.24, 2.45) is 5.73 Å². The number of likely N-dealkylation sites (tertiary alicyclic amines) is 1. The lowest BCUT2D eigenvalue weighted by atomic mass is 10.1. The summed E-state index contributed by atoms with van der Waals surface area (Å²) in [5.74, 6) is 0.416. The number of nitrogens with zero attached hydrogens (tertiary/aromatic N) is 5. The number of hydrogen-bond acceptors (Lipinski definition) is 7. The van der Waals surface area contributed by atoms with Crippen molar-refractivity contribution in [3.8, 4) is 0 Å². The van der Waals surface area contributed by atoms with Crippen molar-refractivity contribution in [1.82, 2.24) is 24.3 Å². The van der Waals surface area contributed by atoms with Gasteiger partial charge in [-0.2, -0.15) is 0 Å². The molecule has 1 unspecified atom stereocenters. The first kappa shape index (κ1) is 16.0. The van der Waals surface area contributed by atoms with Gasteiger partial charge in [-0.1, -0.05) is 0 Å². The molecule has 130 valence electrons. The molecule has 0 aromatic carbocycles. The van der Waals surface area contributed by atoms with Crippen molar-refractivity contribution in [3.63, 3.8) is 0 Å². The summed E-state index contributed by atoms with van der Waals surface area (Å²) in [5.41, 5.74) is 7.34. The van der Waals surface area contributed by atoms with E-state index in [1.165, 1.54) is 0 Å². The number of piperidine rings is 1. The van der Waals surface area contributed by atoms with Crippen LogP contribution in [0, 0.1) is 0 Å². The Balaban J connectivity index is 1.37. The second-order valence-electron chi connectivity index (χ2n) is 6.13. The molecule has 1 fully saturated rings. The number of hydrogen-bond donors (Lipinski definition) is 2. The van der Waals surface area contributed by atoms with Gasteiger partial charge < -0.3 is 16.0 Å². The molecule has 0 bridgehead atoms. The number of nitrogens with two attached hydrogens (primary N) is 1. The van der Waals surface area contributed by atoms with Gasteiger partial charge in [-0.15, -0.1) is 11.3 Å². The second-order valence-corrected chi connectivity index (χ2v) is 7.00. The average molecular weight is 357 g/mol. The van der Waals surface area contributed by atoms with Gasteiger partial charge in [0.2, 0.25) is 5.95 Å². The Labute approximate surface area is 148 Å². The van der Waals surface area contributed by atoms with Crippen LogP contribution in [0.1, 0.15) is 28.9 Å². The first-order valence-corrected chi connectivity index (χ1v) is 9.09. The van der Waals surface area contributed by atoms with Gasteiger partial charge in [0.15, 0.2) is 4.96 Å². The molecule has 3 N–H and O–H groups in total. The number of rotatable bonds is 4. The van der Waals surface area contributed by atoms with Crippen LogP contribution in [0.4, 0.5) is 5.95 Å². The monoisotopic (exact) mass is 357 g/mol. The lowest BCUT2D eigenvalue weighted by molar-refractivity contribution is 0.0708. The molecule has 1 aliphatic rings. The highest BCUT2D eigenvalue weighted by Crippen LogP contribution is 2.14. The topological polar surface area (TPSA) is 101 Å². The zero-order chi connectivity index (χ0) is 17.2. The van der Waals surface area contributed by atoms with Crippen molar-refractivity contribution in [2.75, 3.05) is 18.4 Å². The minimum absolute atomic E-state index is 0.0592. The number of carbonyl (C=O) groups is 1. The Bertz CT molecular complexity index is 844. The maximum Gasteiger partial charge on any atom is 0.257 e. The van der Waals surface area contributed by atoms with Gasteiger partial charge in [-0.25, -0.2) is 15.0 Å².